The number of nitrogens with zero attached hydrogens (tertiary/aromatic N) is 2. The van der Waals surface area contributed by atoms with Crippen LogP contribution in [0.2, 0.25) is 0 Å². The highest BCUT2D eigenvalue weighted by atomic mass is 31.2. The second kappa shape index (κ2) is 6.10. The Hall–Kier alpha value is -1.07. The van der Waals surface area contributed by atoms with Crippen molar-refractivity contribution >= 4 is 19.0 Å². The summed E-state index contributed by atoms with van der Waals surface area (Å²) in [4.78, 5) is 5.69. The number of aliphatic imine (C=N–C) groups is 1. The van der Waals surface area contributed by atoms with Crippen LogP contribution in [0, 0.1) is 5.92 Å². The molecule has 2 heterocycles. The highest BCUT2D eigenvalue weighted by Gasteiger charge is 2.55. The molecule has 1 saturated heterocycles. The molecule has 2 rings (SSSR count). The van der Waals surface area contributed by atoms with Crippen molar-refractivity contribution in [2.24, 2.45) is 16.6 Å². The molecule has 0 radical (unpaired) electrons. The lowest BCUT2D eigenvalue weighted by Gasteiger charge is -2.37. The predicted molar refractivity (Wildman–Crippen MR) is 97.0 cm³/mol. The van der Waals surface area contributed by atoms with Crippen molar-refractivity contribution in [1.29, 1.82) is 0 Å². The first-order valence-corrected chi connectivity index (χ1v) is 10.7. The van der Waals surface area contributed by atoms with E-state index >= 15 is 0 Å². The quantitative estimate of drug-likeness (QED) is 0.659. The van der Waals surface area contributed by atoms with Crippen LogP contribution in [-0.4, -0.2) is 70.8 Å². The Morgan fingerprint density at radius 2 is 2.13 bits per heavy atom. The van der Waals surface area contributed by atoms with Crippen LogP contribution in [0.4, 0.5) is 0 Å². The highest BCUT2D eigenvalue weighted by molar-refractivity contribution is 7.72. The molecular formula is C16H28N3O3P. The zero-order chi connectivity index (χ0) is 17.6. The van der Waals surface area contributed by atoms with Gasteiger partial charge in [0.05, 0.1) is 5.60 Å². The van der Waals surface area contributed by atoms with Gasteiger partial charge in [0.25, 0.3) is 0 Å². The van der Waals surface area contributed by atoms with Crippen LogP contribution in [0.3, 0.4) is 0 Å². The van der Waals surface area contributed by atoms with E-state index in [-0.39, 0.29) is 5.92 Å². The molecule has 1 fully saturated rings. The number of rotatable bonds is 4. The van der Waals surface area contributed by atoms with E-state index in [9.17, 15) is 10.2 Å². The Morgan fingerprint density at radius 1 is 1.52 bits per heavy atom. The maximum Gasteiger partial charge on any atom is 0.164 e. The molecule has 1 unspecified atom stereocenters. The third-order valence-electron chi connectivity index (χ3n) is 4.56. The van der Waals surface area contributed by atoms with Crippen molar-refractivity contribution in [3.63, 3.8) is 0 Å². The van der Waals surface area contributed by atoms with Gasteiger partial charge in [-0.1, -0.05) is 13.5 Å². The maximum atomic E-state index is 10.6. The molecule has 0 saturated carbocycles. The average molecular weight is 341 g/mol. The molecule has 4 N–H and O–H groups in total. The standard InChI is InChI=1S/C16H28N3O3P/c1-10(9-23(4,5)6)16(3)14(21)13(20)15(22-16)19-8-7-12(17)18-11(19)2/h7-8,10,13-15,20-21H,2,4,9H2,1,3,5-6H3,(H2,17,18)/t10?,13-,14+,15-,16-/m1/s1. The van der Waals surface area contributed by atoms with Gasteiger partial charge in [0.2, 0.25) is 0 Å². The van der Waals surface area contributed by atoms with Gasteiger partial charge >= 0.3 is 0 Å². The van der Waals surface area contributed by atoms with Gasteiger partial charge in [0.15, 0.2) is 6.23 Å². The normalized spacial score (nSPS) is 36.3. The van der Waals surface area contributed by atoms with Gasteiger partial charge in [-0.15, -0.1) is 13.2 Å². The first kappa shape index (κ1) is 18.3. The second-order valence-corrected chi connectivity index (χ2v) is 11.6. The van der Waals surface area contributed by atoms with Gasteiger partial charge < -0.3 is 25.6 Å². The van der Waals surface area contributed by atoms with E-state index in [1.807, 2.05) is 13.8 Å². The van der Waals surface area contributed by atoms with Crippen molar-refractivity contribution in [3.05, 3.63) is 24.7 Å². The third kappa shape index (κ3) is 3.56. The highest BCUT2D eigenvalue weighted by Crippen LogP contribution is 2.46. The summed E-state index contributed by atoms with van der Waals surface area (Å²) in [5, 5.41) is 21.1. The molecule has 0 aromatic carbocycles. The van der Waals surface area contributed by atoms with Crippen LogP contribution in [0.5, 0.6) is 0 Å². The molecule has 5 atom stereocenters. The van der Waals surface area contributed by atoms with Gasteiger partial charge in [0, 0.05) is 6.20 Å². The fourth-order valence-electron chi connectivity index (χ4n) is 3.16. The molecule has 0 spiro atoms. The minimum Gasteiger partial charge on any atom is -0.387 e. The molecule has 7 heteroatoms. The molecule has 6 nitrogen and oxygen atoms in total. The summed E-state index contributed by atoms with van der Waals surface area (Å²) in [5.74, 6) is 0.774. The number of hydrogen-bond donors (Lipinski definition) is 3. The van der Waals surface area contributed by atoms with E-state index in [1.165, 1.54) is 0 Å². The topological polar surface area (TPSA) is 91.3 Å². The first-order chi connectivity index (χ1) is 10.5. The Balaban J connectivity index is 2.23. The molecule has 0 aromatic heterocycles. The minimum absolute atomic E-state index is 0.0496. The van der Waals surface area contributed by atoms with Gasteiger partial charge in [-0.2, -0.15) is 0 Å². The average Bonchev–Trinajstić information content (AvgIpc) is 2.63. The summed E-state index contributed by atoms with van der Waals surface area (Å²) in [6.45, 7) is 10.7. The molecule has 2 aliphatic heterocycles. The van der Waals surface area contributed by atoms with E-state index in [4.69, 9.17) is 10.5 Å². The minimum atomic E-state index is -1.29. The van der Waals surface area contributed by atoms with Crippen molar-refractivity contribution in [3.8, 4) is 0 Å². The summed E-state index contributed by atoms with van der Waals surface area (Å²) in [6.07, 6.45) is 5.56. The Kier molecular flexibility index (Phi) is 4.84. The van der Waals surface area contributed by atoms with E-state index < -0.39 is 30.9 Å². The number of ether oxygens (including phenoxy) is 1. The van der Waals surface area contributed by atoms with Crippen LogP contribution >= 0.6 is 6.89 Å². The van der Waals surface area contributed by atoms with E-state index in [0.29, 0.717) is 11.7 Å². The lowest BCUT2D eigenvalue weighted by atomic mass is 9.86. The summed E-state index contributed by atoms with van der Waals surface area (Å²) in [6, 6.07) is 0. The van der Waals surface area contributed by atoms with Crippen LogP contribution in [0.25, 0.3) is 0 Å². The monoisotopic (exact) mass is 341 g/mol. The van der Waals surface area contributed by atoms with Gasteiger partial charge in [-0.05, 0) is 38.4 Å². The Bertz CT molecular complexity index is 597. The van der Waals surface area contributed by atoms with Crippen LogP contribution in [0.15, 0.2) is 29.7 Å². The van der Waals surface area contributed by atoms with Crippen molar-refractivity contribution in [2.45, 2.75) is 37.9 Å². The van der Waals surface area contributed by atoms with Crippen molar-refractivity contribution < 1.29 is 14.9 Å². The lowest BCUT2D eigenvalue weighted by Crippen LogP contribution is -2.46. The number of aliphatic hydroxyl groups is 2. The smallest absolute Gasteiger partial charge is 0.164 e. The summed E-state index contributed by atoms with van der Waals surface area (Å²) in [7, 11) is 0. The maximum absolute atomic E-state index is 10.6. The predicted octanol–water partition coefficient (Wildman–Crippen LogP) is 0.826. The fourth-order valence-corrected chi connectivity index (χ4v) is 5.01. The Morgan fingerprint density at radius 3 is 2.65 bits per heavy atom. The van der Waals surface area contributed by atoms with Gasteiger partial charge in [0.1, 0.15) is 23.9 Å². The molecule has 130 valence electrons. The molecule has 0 amide bonds. The van der Waals surface area contributed by atoms with Crippen molar-refractivity contribution in [2.75, 3.05) is 19.5 Å². The van der Waals surface area contributed by atoms with Gasteiger partial charge in [-0.25, -0.2) is 4.99 Å². The van der Waals surface area contributed by atoms with Crippen molar-refractivity contribution in [1.82, 2.24) is 4.90 Å². The van der Waals surface area contributed by atoms with E-state index in [0.717, 1.165) is 6.16 Å². The number of hydrogen-bond acceptors (Lipinski definition) is 6. The third-order valence-corrected chi connectivity index (χ3v) is 6.10. The van der Waals surface area contributed by atoms with Gasteiger partial charge in [-0.3, -0.25) is 0 Å². The zero-order valence-corrected chi connectivity index (χ0v) is 15.2. The molecule has 23 heavy (non-hydrogen) atoms. The molecule has 0 aliphatic carbocycles. The summed E-state index contributed by atoms with van der Waals surface area (Å²) >= 11 is 0. The first-order valence-electron chi connectivity index (χ1n) is 7.66. The zero-order valence-electron chi connectivity index (χ0n) is 14.3. The lowest BCUT2D eigenvalue weighted by molar-refractivity contribution is -0.125. The largest absolute Gasteiger partial charge is 0.387 e. The van der Waals surface area contributed by atoms with Crippen LogP contribution < -0.4 is 5.73 Å². The molecular weight excluding hydrogens is 313 g/mol. The number of nitrogens with two attached hydrogens (primary N) is 1. The summed E-state index contributed by atoms with van der Waals surface area (Å²) in [5.41, 5.74) is 4.78. The molecule has 0 aromatic rings. The summed E-state index contributed by atoms with van der Waals surface area (Å²) < 4.78 is 6.12. The number of amidine groups is 1. The Labute approximate surface area is 138 Å². The van der Waals surface area contributed by atoms with Crippen LogP contribution in [0.1, 0.15) is 13.8 Å². The van der Waals surface area contributed by atoms with E-state index in [2.05, 4.69) is 31.2 Å². The second-order valence-electron chi connectivity index (χ2n) is 7.32. The van der Waals surface area contributed by atoms with Crippen LogP contribution in [-0.2, 0) is 4.74 Å². The fraction of sp³-hybridized carbons (Fsp3) is 0.625. The molecule has 2 aliphatic rings. The SMILES string of the molecule is C=C1N=C(N)C=CN1[C@@H]1O[C@](C)(C(C)CP(=C)(C)C)[C@@H](O)[C@H]1O. The van der Waals surface area contributed by atoms with E-state index in [1.54, 1.807) is 17.2 Å². The molecule has 0 bridgehead atoms. The number of aliphatic hydroxyl groups excluding tert-OH is 2.